The molecule has 4 nitrogen and oxygen atoms in total. The summed E-state index contributed by atoms with van der Waals surface area (Å²) in [4.78, 5) is 12.3. The molecular formula is C11H12ClN2O2. The van der Waals surface area contributed by atoms with E-state index < -0.39 is 4.92 Å². The first-order chi connectivity index (χ1) is 7.68. The lowest BCUT2D eigenvalue weighted by molar-refractivity contribution is -0.384. The number of anilines is 1. The Morgan fingerprint density at radius 1 is 1.31 bits per heavy atom. The standard InChI is InChI=1S/C11H12ClN2O2/c12-10-8-9(14(15)16)4-5-11(10)13-6-2-1-3-7-13/h1,4-5,8H,2-3,6-7H2. The van der Waals surface area contributed by atoms with Crippen LogP contribution < -0.4 is 4.90 Å². The van der Waals surface area contributed by atoms with E-state index in [2.05, 4.69) is 11.3 Å². The van der Waals surface area contributed by atoms with Gasteiger partial charge in [0, 0.05) is 25.2 Å². The Labute approximate surface area is 99.0 Å². The van der Waals surface area contributed by atoms with Crippen molar-refractivity contribution < 1.29 is 4.92 Å². The van der Waals surface area contributed by atoms with E-state index in [-0.39, 0.29) is 5.69 Å². The maximum atomic E-state index is 10.6. The van der Waals surface area contributed by atoms with Crippen molar-refractivity contribution in [2.75, 3.05) is 18.0 Å². The third-order valence-corrected chi connectivity index (χ3v) is 2.99. The average molecular weight is 240 g/mol. The van der Waals surface area contributed by atoms with E-state index in [1.807, 2.05) is 0 Å². The van der Waals surface area contributed by atoms with E-state index >= 15 is 0 Å². The number of hydrogen-bond donors (Lipinski definition) is 0. The normalized spacial score (nSPS) is 16.2. The highest BCUT2D eigenvalue weighted by Gasteiger charge is 2.16. The van der Waals surface area contributed by atoms with Crippen molar-refractivity contribution in [3.8, 4) is 0 Å². The summed E-state index contributed by atoms with van der Waals surface area (Å²) < 4.78 is 0. The van der Waals surface area contributed by atoms with Crippen LogP contribution in [0.2, 0.25) is 5.02 Å². The Balaban J connectivity index is 2.24. The van der Waals surface area contributed by atoms with Gasteiger partial charge in [-0.15, -0.1) is 0 Å². The average Bonchev–Trinajstić information content (AvgIpc) is 2.30. The summed E-state index contributed by atoms with van der Waals surface area (Å²) in [5, 5.41) is 11.0. The summed E-state index contributed by atoms with van der Waals surface area (Å²) in [7, 11) is 0. The molecule has 0 unspecified atom stereocenters. The Hall–Kier alpha value is -1.29. The van der Waals surface area contributed by atoms with Gasteiger partial charge in [0.05, 0.1) is 15.6 Å². The van der Waals surface area contributed by atoms with Gasteiger partial charge in [-0.25, -0.2) is 0 Å². The Morgan fingerprint density at radius 3 is 2.56 bits per heavy atom. The summed E-state index contributed by atoms with van der Waals surface area (Å²) in [6, 6.07) is 4.64. The van der Waals surface area contributed by atoms with E-state index in [4.69, 9.17) is 11.6 Å². The van der Waals surface area contributed by atoms with Gasteiger partial charge in [0.15, 0.2) is 0 Å². The van der Waals surface area contributed by atoms with Crippen molar-refractivity contribution >= 4 is 23.0 Å². The van der Waals surface area contributed by atoms with Gasteiger partial charge in [-0.05, 0) is 25.3 Å². The van der Waals surface area contributed by atoms with Crippen molar-refractivity contribution in [3.63, 3.8) is 0 Å². The van der Waals surface area contributed by atoms with Crippen molar-refractivity contribution in [2.24, 2.45) is 0 Å². The first-order valence-corrected chi connectivity index (χ1v) is 5.57. The Bertz CT molecular complexity index is 403. The molecule has 0 spiro atoms. The number of rotatable bonds is 2. The molecule has 16 heavy (non-hydrogen) atoms. The van der Waals surface area contributed by atoms with Crippen LogP contribution in [0.1, 0.15) is 12.8 Å². The minimum absolute atomic E-state index is 0.0392. The molecule has 1 radical (unpaired) electrons. The van der Waals surface area contributed by atoms with Gasteiger partial charge in [0.2, 0.25) is 0 Å². The molecule has 1 aliphatic rings. The monoisotopic (exact) mass is 239 g/mol. The number of hydrogen-bond acceptors (Lipinski definition) is 3. The second-order valence-electron chi connectivity index (χ2n) is 3.75. The van der Waals surface area contributed by atoms with Gasteiger partial charge < -0.3 is 4.90 Å². The number of nitrogens with zero attached hydrogens (tertiary/aromatic N) is 2. The van der Waals surface area contributed by atoms with Gasteiger partial charge in [-0.3, -0.25) is 10.1 Å². The van der Waals surface area contributed by atoms with Crippen molar-refractivity contribution in [2.45, 2.75) is 12.8 Å². The quantitative estimate of drug-likeness (QED) is 0.589. The number of nitro benzene ring substituents is 1. The zero-order valence-electron chi connectivity index (χ0n) is 8.73. The van der Waals surface area contributed by atoms with Gasteiger partial charge >= 0.3 is 0 Å². The molecular weight excluding hydrogens is 228 g/mol. The predicted molar refractivity (Wildman–Crippen MR) is 63.9 cm³/mol. The van der Waals surface area contributed by atoms with E-state index in [1.165, 1.54) is 12.1 Å². The molecule has 0 aliphatic carbocycles. The van der Waals surface area contributed by atoms with Gasteiger partial charge in [0.25, 0.3) is 5.69 Å². The molecule has 0 amide bonds. The van der Waals surface area contributed by atoms with Crippen LogP contribution in [-0.2, 0) is 0 Å². The van der Waals surface area contributed by atoms with E-state index in [9.17, 15) is 10.1 Å². The van der Waals surface area contributed by atoms with E-state index in [0.717, 1.165) is 31.6 Å². The summed E-state index contributed by atoms with van der Waals surface area (Å²) in [6.45, 7) is 1.86. The van der Waals surface area contributed by atoms with Gasteiger partial charge in [-0.2, -0.15) is 0 Å². The molecule has 0 N–H and O–H groups in total. The molecule has 1 aromatic rings. The maximum Gasteiger partial charge on any atom is 0.271 e. The largest absolute Gasteiger partial charge is 0.370 e. The van der Waals surface area contributed by atoms with Crippen molar-refractivity contribution in [1.29, 1.82) is 0 Å². The second-order valence-corrected chi connectivity index (χ2v) is 4.15. The number of halogens is 1. The Kier molecular flexibility index (Phi) is 3.29. The Morgan fingerprint density at radius 2 is 2.00 bits per heavy atom. The van der Waals surface area contributed by atoms with Crippen molar-refractivity contribution in [1.82, 2.24) is 0 Å². The summed E-state index contributed by atoms with van der Waals surface area (Å²) >= 11 is 6.05. The number of piperidine rings is 1. The highest BCUT2D eigenvalue weighted by Crippen LogP contribution is 2.31. The van der Waals surface area contributed by atoms with Gasteiger partial charge in [-0.1, -0.05) is 11.6 Å². The van der Waals surface area contributed by atoms with Crippen molar-refractivity contribution in [3.05, 3.63) is 39.8 Å². The lowest BCUT2D eigenvalue weighted by Crippen LogP contribution is -2.29. The van der Waals surface area contributed by atoms with Crippen LogP contribution in [0.3, 0.4) is 0 Å². The van der Waals surface area contributed by atoms with E-state index in [1.54, 1.807) is 6.07 Å². The highest BCUT2D eigenvalue weighted by molar-refractivity contribution is 6.33. The smallest absolute Gasteiger partial charge is 0.271 e. The molecule has 0 saturated carbocycles. The van der Waals surface area contributed by atoms with Gasteiger partial charge in [0.1, 0.15) is 0 Å². The predicted octanol–water partition coefficient (Wildman–Crippen LogP) is 3.05. The molecule has 85 valence electrons. The van der Waals surface area contributed by atoms with Crippen LogP contribution in [0.15, 0.2) is 18.2 Å². The number of non-ortho nitro benzene ring substituents is 1. The number of benzene rings is 1. The van der Waals surface area contributed by atoms with Crippen LogP contribution >= 0.6 is 11.6 Å². The second kappa shape index (κ2) is 4.70. The SMILES string of the molecule is O=[N+]([O-])c1ccc(N2CC[CH]CC2)c(Cl)c1. The topological polar surface area (TPSA) is 46.4 Å². The molecule has 0 aromatic heterocycles. The fraction of sp³-hybridized carbons (Fsp3) is 0.364. The zero-order chi connectivity index (χ0) is 11.5. The molecule has 1 aliphatic heterocycles. The first-order valence-electron chi connectivity index (χ1n) is 5.19. The first kappa shape index (κ1) is 11.2. The molecule has 1 aromatic carbocycles. The number of nitro groups is 1. The molecule has 1 heterocycles. The van der Waals surface area contributed by atoms with Crippen LogP contribution in [0, 0.1) is 16.5 Å². The molecule has 0 bridgehead atoms. The fourth-order valence-electron chi connectivity index (χ4n) is 1.86. The zero-order valence-corrected chi connectivity index (χ0v) is 9.48. The van der Waals surface area contributed by atoms with E-state index in [0.29, 0.717) is 5.02 Å². The summed E-state index contributed by atoms with van der Waals surface area (Å²) in [5.74, 6) is 0. The molecule has 2 rings (SSSR count). The fourth-order valence-corrected chi connectivity index (χ4v) is 2.15. The molecule has 5 heteroatoms. The minimum atomic E-state index is -0.431. The third-order valence-electron chi connectivity index (χ3n) is 2.69. The maximum absolute atomic E-state index is 10.6. The molecule has 1 saturated heterocycles. The van der Waals surface area contributed by atoms with Crippen LogP contribution in [0.25, 0.3) is 0 Å². The lowest BCUT2D eigenvalue weighted by atomic mass is 10.1. The summed E-state index contributed by atoms with van der Waals surface area (Å²) in [6.07, 6.45) is 4.32. The van der Waals surface area contributed by atoms with Crippen LogP contribution in [-0.4, -0.2) is 18.0 Å². The lowest BCUT2D eigenvalue weighted by Gasteiger charge is -2.29. The summed E-state index contributed by atoms with van der Waals surface area (Å²) in [5.41, 5.74) is 0.928. The highest BCUT2D eigenvalue weighted by atomic mass is 35.5. The minimum Gasteiger partial charge on any atom is -0.370 e. The van der Waals surface area contributed by atoms with Crippen LogP contribution in [0.5, 0.6) is 0 Å². The third kappa shape index (κ3) is 2.27. The molecule has 0 atom stereocenters. The van der Waals surface area contributed by atoms with Crippen LogP contribution in [0.4, 0.5) is 11.4 Å². The molecule has 1 fully saturated rings.